The lowest BCUT2D eigenvalue weighted by atomic mass is 9.72. The Bertz CT molecular complexity index is 179. The Labute approximate surface area is 74.6 Å². The summed E-state index contributed by atoms with van der Waals surface area (Å²) in [6.07, 6.45) is 4.05. The van der Waals surface area contributed by atoms with Crippen molar-refractivity contribution < 1.29 is 4.84 Å². The van der Waals surface area contributed by atoms with Crippen LogP contribution in [-0.2, 0) is 4.84 Å². The van der Waals surface area contributed by atoms with Crippen LogP contribution < -0.4 is 5.48 Å². The summed E-state index contributed by atoms with van der Waals surface area (Å²) in [5.74, 6) is 1.51. The van der Waals surface area contributed by atoms with Crippen molar-refractivity contribution in [3.63, 3.8) is 0 Å². The van der Waals surface area contributed by atoms with Gasteiger partial charge in [0.1, 0.15) is 0 Å². The normalized spacial score (nSPS) is 45.8. The maximum absolute atomic E-state index is 5.61. The molecule has 0 bridgehead atoms. The lowest BCUT2D eigenvalue weighted by Gasteiger charge is -2.34. The summed E-state index contributed by atoms with van der Waals surface area (Å²) in [6.45, 7) is 6.72. The second kappa shape index (κ2) is 2.71. The molecule has 0 aromatic rings. The molecule has 0 aromatic carbocycles. The van der Waals surface area contributed by atoms with Gasteiger partial charge in [-0.05, 0) is 32.6 Å². The van der Waals surface area contributed by atoms with E-state index in [9.17, 15) is 0 Å². The van der Waals surface area contributed by atoms with Crippen LogP contribution in [0, 0.1) is 11.8 Å². The summed E-state index contributed by atoms with van der Waals surface area (Å²) >= 11 is 0. The molecule has 2 fully saturated rings. The molecule has 1 saturated heterocycles. The largest absolute Gasteiger partial charge is 0.295 e. The summed E-state index contributed by atoms with van der Waals surface area (Å²) in [5.41, 5.74) is 3.25. The fourth-order valence-corrected chi connectivity index (χ4v) is 2.69. The van der Waals surface area contributed by atoms with E-state index in [0.717, 1.165) is 11.8 Å². The van der Waals surface area contributed by atoms with Crippen LogP contribution in [0.3, 0.4) is 0 Å². The molecule has 3 unspecified atom stereocenters. The number of hydrogen-bond donors (Lipinski definition) is 1. The number of hydrogen-bond acceptors (Lipinski definition) is 2. The molecule has 0 radical (unpaired) electrons. The SMILES string of the molecule is CC1CCCC2C1NOC2(C)C. The van der Waals surface area contributed by atoms with Crippen molar-refractivity contribution >= 4 is 0 Å². The van der Waals surface area contributed by atoms with Crippen molar-refractivity contribution in [2.24, 2.45) is 11.8 Å². The second-order valence-electron chi connectivity index (χ2n) is 4.86. The Hall–Kier alpha value is -0.0800. The Morgan fingerprint density at radius 2 is 2.08 bits per heavy atom. The highest BCUT2D eigenvalue weighted by Gasteiger charge is 2.46. The molecule has 2 heteroatoms. The summed E-state index contributed by atoms with van der Waals surface area (Å²) < 4.78 is 0. The second-order valence-corrected chi connectivity index (χ2v) is 4.86. The zero-order chi connectivity index (χ0) is 8.77. The van der Waals surface area contributed by atoms with Gasteiger partial charge in [0.15, 0.2) is 0 Å². The Balaban J connectivity index is 2.14. The maximum atomic E-state index is 5.61. The first-order valence-electron chi connectivity index (χ1n) is 5.05. The van der Waals surface area contributed by atoms with Gasteiger partial charge < -0.3 is 0 Å². The van der Waals surface area contributed by atoms with Crippen molar-refractivity contribution in [1.82, 2.24) is 5.48 Å². The zero-order valence-corrected chi connectivity index (χ0v) is 8.26. The number of nitrogens with one attached hydrogen (secondary N) is 1. The monoisotopic (exact) mass is 169 g/mol. The predicted molar refractivity (Wildman–Crippen MR) is 48.6 cm³/mol. The molecule has 0 amide bonds. The van der Waals surface area contributed by atoms with Crippen LogP contribution in [-0.4, -0.2) is 11.6 Å². The van der Waals surface area contributed by atoms with Crippen LogP contribution in [0.5, 0.6) is 0 Å². The van der Waals surface area contributed by atoms with Crippen LogP contribution in [0.15, 0.2) is 0 Å². The van der Waals surface area contributed by atoms with Gasteiger partial charge in [0.05, 0.1) is 5.60 Å². The van der Waals surface area contributed by atoms with Gasteiger partial charge in [0.25, 0.3) is 0 Å². The first-order valence-corrected chi connectivity index (χ1v) is 5.05. The molecule has 2 aliphatic rings. The highest BCUT2D eigenvalue weighted by Crippen LogP contribution is 2.41. The highest BCUT2D eigenvalue weighted by atomic mass is 16.7. The van der Waals surface area contributed by atoms with E-state index in [1.807, 2.05) is 0 Å². The van der Waals surface area contributed by atoms with Crippen molar-refractivity contribution in [2.45, 2.75) is 51.7 Å². The molecule has 2 nitrogen and oxygen atoms in total. The van der Waals surface area contributed by atoms with E-state index in [1.165, 1.54) is 19.3 Å². The molecule has 2 rings (SSSR count). The molecule has 1 aliphatic heterocycles. The van der Waals surface area contributed by atoms with Gasteiger partial charge in [-0.25, -0.2) is 0 Å². The van der Waals surface area contributed by atoms with E-state index in [-0.39, 0.29) is 5.60 Å². The standard InChI is InChI=1S/C10H19NO/c1-7-5-4-6-8-9(7)11-12-10(8,2)3/h7-9,11H,4-6H2,1-3H3. The van der Waals surface area contributed by atoms with Crippen molar-refractivity contribution in [3.05, 3.63) is 0 Å². The maximum Gasteiger partial charge on any atom is 0.0884 e. The van der Waals surface area contributed by atoms with Crippen LogP contribution in [0.4, 0.5) is 0 Å². The van der Waals surface area contributed by atoms with E-state index in [0.29, 0.717) is 6.04 Å². The van der Waals surface area contributed by atoms with Crippen molar-refractivity contribution in [1.29, 1.82) is 0 Å². The first kappa shape index (κ1) is 8.52. The molecule has 1 saturated carbocycles. The summed E-state index contributed by atoms with van der Waals surface area (Å²) in [4.78, 5) is 5.61. The van der Waals surface area contributed by atoms with E-state index in [4.69, 9.17) is 4.84 Å². The topological polar surface area (TPSA) is 21.3 Å². The molecular formula is C10H19NO. The lowest BCUT2D eigenvalue weighted by Crippen LogP contribution is -2.39. The molecule has 12 heavy (non-hydrogen) atoms. The third kappa shape index (κ3) is 1.17. The van der Waals surface area contributed by atoms with Crippen LogP contribution in [0.1, 0.15) is 40.0 Å². The molecule has 1 aliphatic carbocycles. The van der Waals surface area contributed by atoms with E-state index >= 15 is 0 Å². The zero-order valence-electron chi connectivity index (χ0n) is 8.26. The summed E-state index contributed by atoms with van der Waals surface area (Å²) in [5, 5.41) is 0. The number of fused-ring (bicyclic) bond motifs is 1. The summed E-state index contributed by atoms with van der Waals surface area (Å²) in [7, 11) is 0. The third-order valence-electron chi connectivity index (χ3n) is 3.57. The van der Waals surface area contributed by atoms with Gasteiger partial charge >= 0.3 is 0 Å². The minimum atomic E-state index is 0.0549. The van der Waals surface area contributed by atoms with Gasteiger partial charge in [0.2, 0.25) is 0 Å². The third-order valence-corrected chi connectivity index (χ3v) is 3.57. The van der Waals surface area contributed by atoms with Crippen LogP contribution >= 0.6 is 0 Å². The Kier molecular flexibility index (Phi) is 1.92. The molecule has 0 spiro atoms. The van der Waals surface area contributed by atoms with Gasteiger partial charge in [-0.2, -0.15) is 5.48 Å². The van der Waals surface area contributed by atoms with Crippen molar-refractivity contribution in [2.75, 3.05) is 0 Å². The average Bonchev–Trinajstić information content (AvgIpc) is 2.30. The quantitative estimate of drug-likeness (QED) is 0.599. The minimum absolute atomic E-state index is 0.0549. The Morgan fingerprint density at radius 1 is 1.33 bits per heavy atom. The molecule has 1 N–H and O–H groups in total. The molecule has 70 valence electrons. The number of hydroxylamine groups is 1. The number of rotatable bonds is 0. The van der Waals surface area contributed by atoms with Crippen LogP contribution in [0.2, 0.25) is 0 Å². The predicted octanol–water partition coefficient (Wildman–Crippen LogP) is 2.10. The molecule has 0 aromatic heterocycles. The van der Waals surface area contributed by atoms with Gasteiger partial charge in [-0.15, -0.1) is 0 Å². The fourth-order valence-electron chi connectivity index (χ4n) is 2.69. The van der Waals surface area contributed by atoms with E-state index in [1.54, 1.807) is 0 Å². The molecule has 1 heterocycles. The van der Waals surface area contributed by atoms with Crippen LogP contribution in [0.25, 0.3) is 0 Å². The van der Waals surface area contributed by atoms with Gasteiger partial charge in [-0.3, -0.25) is 4.84 Å². The van der Waals surface area contributed by atoms with Gasteiger partial charge in [0, 0.05) is 12.0 Å². The average molecular weight is 169 g/mol. The van der Waals surface area contributed by atoms with Crippen molar-refractivity contribution in [3.8, 4) is 0 Å². The summed E-state index contributed by atoms with van der Waals surface area (Å²) in [6, 6.07) is 0.605. The minimum Gasteiger partial charge on any atom is -0.295 e. The highest BCUT2D eigenvalue weighted by molar-refractivity contribution is 4.96. The lowest BCUT2D eigenvalue weighted by molar-refractivity contribution is -0.0450. The fraction of sp³-hybridized carbons (Fsp3) is 1.00. The van der Waals surface area contributed by atoms with Gasteiger partial charge in [-0.1, -0.05) is 13.3 Å². The van der Waals surface area contributed by atoms with E-state index < -0.39 is 0 Å². The molecule has 3 atom stereocenters. The smallest absolute Gasteiger partial charge is 0.0884 e. The molecular weight excluding hydrogens is 150 g/mol. The first-order chi connectivity index (χ1) is 5.61. The van der Waals surface area contributed by atoms with E-state index in [2.05, 4.69) is 26.3 Å². The Morgan fingerprint density at radius 3 is 2.75 bits per heavy atom.